The molecule has 1 saturated carbocycles. The lowest BCUT2D eigenvalue weighted by Gasteiger charge is -2.21. The van der Waals surface area contributed by atoms with Gasteiger partial charge in [0.15, 0.2) is 11.9 Å². The molecule has 1 atom stereocenters. The first kappa shape index (κ1) is 12.0. The number of ether oxygens (including phenoxy) is 1. The standard InChI is InChI=1S/C15H14O4/c16-12-3-1-2-4-13(12)18-11-7-5-10-6-8-15(17)19-14(10)9-11/h5-9,13H,1-4H2/t13-/m1/s1. The Labute approximate surface area is 110 Å². The molecule has 4 nitrogen and oxygen atoms in total. The second-order valence-corrected chi connectivity index (χ2v) is 4.77. The zero-order valence-electron chi connectivity index (χ0n) is 10.4. The average molecular weight is 258 g/mol. The van der Waals surface area contributed by atoms with Crippen LogP contribution in [0.5, 0.6) is 5.75 Å². The van der Waals surface area contributed by atoms with E-state index >= 15 is 0 Å². The number of hydrogen-bond acceptors (Lipinski definition) is 4. The predicted molar refractivity (Wildman–Crippen MR) is 70.4 cm³/mol. The Bertz CT molecular complexity index is 671. The monoisotopic (exact) mass is 258 g/mol. The molecule has 0 bridgehead atoms. The molecule has 0 saturated heterocycles. The number of carbonyl (C=O) groups excluding carboxylic acids is 1. The van der Waals surface area contributed by atoms with Gasteiger partial charge in [0.1, 0.15) is 11.3 Å². The first-order chi connectivity index (χ1) is 9.22. The maximum Gasteiger partial charge on any atom is 0.336 e. The lowest BCUT2D eigenvalue weighted by atomic mass is 9.96. The van der Waals surface area contributed by atoms with Crippen LogP contribution in [0.3, 0.4) is 0 Å². The van der Waals surface area contributed by atoms with Gasteiger partial charge in [0.05, 0.1) is 0 Å². The average Bonchev–Trinajstić information content (AvgIpc) is 2.41. The Morgan fingerprint density at radius 1 is 1.11 bits per heavy atom. The quantitative estimate of drug-likeness (QED) is 0.777. The van der Waals surface area contributed by atoms with Gasteiger partial charge in [-0.25, -0.2) is 4.79 Å². The number of rotatable bonds is 2. The lowest BCUT2D eigenvalue weighted by molar-refractivity contribution is -0.127. The van der Waals surface area contributed by atoms with E-state index < -0.39 is 5.63 Å². The highest BCUT2D eigenvalue weighted by atomic mass is 16.5. The van der Waals surface area contributed by atoms with Crippen molar-refractivity contribution in [3.8, 4) is 5.75 Å². The van der Waals surface area contributed by atoms with Gasteiger partial charge in [0.25, 0.3) is 0 Å². The van der Waals surface area contributed by atoms with Crippen LogP contribution in [-0.2, 0) is 4.79 Å². The van der Waals surface area contributed by atoms with Crippen molar-refractivity contribution in [3.63, 3.8) is 0 Å². The number of ketones is 1. The van der Waals surface area contributed by atoms with Gasteiger partial charge in [-0.2, -0.15) is 0 Å². The molecule has 98 valence electrons. The largest absolute Gasteiger partial charge is 0.483 e. The highest BCUT2D eigenvalue weighted by Gasteiger charge is 2.23. The van der Waals surface area contributed by atoms with Crippen LogP contribution in [0.4, 0.5) is 0 Å². The first-order valence-corrected chi connectivity index (χ1v) is 6.46. The van der Waals surface area contributed by atoms with E-state index in [2.05, 4.69) is 0 Å². The molecule has 2 aromatic rings. The molecule has 4 heteroatoms. The van der Waals surface area contributed by atoms with E-state index in [0.29, 0.717) is 17.8 Å². The van der Waals surface area contributed by atoms with Crippen LogP contribution in [0.15, 0.2) is 39.5 Å². The molecule has 0 unspecified atom stereocenters. The number of benzene rings is 1. The van der Waals surface area contributed by atoms with Gasteiger partial charge in [-0.3, -0.25) is 4.79 Å². The zero-order valence-corrected chi connectivity index (χ0v) is 10.4. The molecule has 1 heterocycles. The summed E-state index contributed by atoms with van der Waals surface area (Å²) in [4.78, 5) is 22.9. The van der Waals surface area contributed by atoms with Crippen LogP contribution < -0.4 is 10.4 Å². The number of Topliss-reactive ketones (excluding diaryl/α,β-unsaturated/α-hetero) is 1. The molecule has 1 fully saturated rings. The van der Waals surface area contributed by atoms with E-state index in [1.165, 1.54) is 6.07 Å². The van der Waals surface area contributed by atoms with Gasteiger partial charge >= 0.3 is 5.63 Å². The maximum atomic E-state index is 11.7. The van der Waals surface area contributed by atoms with Crippen LogP contribution in [0.1, 0.15) is 25.7 Å². The molecule has 1 aliphatic carbocycles. The van der Waals surface area contributed by atoms with Crippen molar-refractivity contribution in [2.75, 3.05) is 0 Å². The van der Waals surface area contributed by atoms with Crippen molar-refractivity contribution < 1.29 is 13.9 Å². The molecule has 1 aromatic heterocycles. The molecular weight excluding hydrogens is 244 g/mol. The minimum Gasteiger partial charge on any atom is -0.483 e. The van der Waals surface area contributed by atoms with Crippen LogP contribution in [0.2, 0.25) is 0 Å². The van der Waals surface area contributed by atoms with Crippen molar-refractivity contribution in [3.05, 3.63) is 40.8 Å². The summed E-state index contributed by atoms with van der Waals surface area (Å²) in [5.74, 6) is 0.725. The molecule has 0 aliphatic heterocycles. The van der Waals surface area contributed by atoms with Crippen molar-refractivity contribution in [1.82, 2.24) is 0 Å². The molecular formula is C15H14O4. The van der Waals surface area contributed by atoms with Gasteiger partial charge in [0.2, 0.25) is 0 Å². The Kier molecular flexibility index (Phi) is 3.07. The third kappa shape index (κ3) is 2.52. The van der Waals surface area contributed by atoms with Gasteiger partial charge in [-0.05, 0) is 37.5 Å². The summed E-state index contributed by atoms with van der Waals surface area (Å²) in [6.07, 6.45) is 2.95. The third-order valence-electron chi connectivity index (χ3n) is 3.37. The van der Waals surface area contributed by atoms with Gasteiger partial charge in [0, 0.05) is 23.9 Å². The van der Waals surface area contributed by atoms with E-state index in [1.807, 2.05) is 6.07 Å². The summed E-state index contributed by atoms with van der Waals surface area (Å²) in [6, 6.07) is 8.37. The fourth-order valence-corrected chi connectivity index (χ4v) is 2.35. The summed E-state index contributed by atoms with van der Waals surface area (Å²) >= 11 is 0. The number of carbonyl (C=O) groups is 1. The summed E-state index contributed by atoms with van der Waals surface area (Å²) in [5, 5.41) is 0.835. The van der Waals surface area contributed by atoms with Crippen molar-refractivity contribution in [1.29, 1.82) is 0 Å². The van der Waals surface area contributed by atoms with Gasteiger partial charge < -0.3 is 9.15 Å². The Morgan fingerprint density at radius 3 is 2.79 bits per heavy atom. The van der Waals surface area contributed by atoms with E-state index in [-0.39, 0.29) is 11.9 Å². The normalized spacial score (nSPS) is 19.6. The van der Waals surface area contributed by atoms with Gasteiger partial charge in [-0.15, -0.1) is 0 Å². The van der Waals surface area contributed by atoms with E-state index in [4.69, 9.17) is 9.15 Å². The summed E-state index contributed by atoms with van der Waals surface area (Å²) in [6.45, 7) is 0. The highest BCUT2D eigenvalue weighted by molar-refractivity contribution is 5.84. The fourth-order valence-electron chi connectivity index (χ4n) is 2.35. The van der Waals surface area contributed by atoms with E-state index in [0.717, 1.165) is 24.6 Å². The Morgan fingerprint density at radius 2 is 1.95 bits per heavy atom. The van der Waals surface area contributed by atoms with E-state index in [9.17, 15) is 9.59 Å². The molecule has 0 N–H and O–H groups in total. The molecule has 0 radical (unpaired) electrons. The molecule has 19 heavy (non-hydrogen) atoms. The number of hydrogen-bond donors (Lipinski definition) is 0. The summed E-state index contributed by atoms with van der Waals surface area (Å²) < 4.78 is 10.8. The molecule has 0 amide bonds. The van der Waals surface area contributed by atoms with Crippen LogP contribution >= 0.6 is 0 Å². The Hall–Kier alpha value is -2.10. The molecule has 1 aliphatic rings. The van der Waals surface area contributed by atoms with Crippen LogP contribution in [0.25, 0.3) is 11.0 Å². The van der Waals surface area contributed by atoms with Crippen molar-refractivity contribution in [2.24, 2.45) is 0 Å². The first-order valence-electron chi connectivity index (χ1n) is 6.46. The Balaban J connectivity index is 1.88. The minimum absolute atomic E-state index is 0.154. The van der Waals surface area contributed by atoms with Crippen molar-refractivity contribution >= 4 is 16.8 Å². The van der Waals surface area contributed by atoms with Crippen LogP contribution in [0, 0.1) is 0 Å². The second-order valence-electron chi connectivity index (χ2n) is 4.77. The summed E-state index contributed by atoms with van der Waals surface area (Å²) in [5.41, 5.74) is 0.0895. The smallest absolute Gasteiger partial charge is 0.336 e. The SMILES string of the molecule is O=C1CCCC[C@H]1Oc1ccc2ccc(=O)oc2c1. The highest BCUT2D eigenvalue weighted by Crippen LogP contribution is 2.24. The number of fused-ring (bicyclic) bond motifs is 1. The third-order valence-corrected chi connectivity index (χ3v) is 3.37. The summed E-state index contributed by atoms with van der Waals surface area (Å²) in [7, 11) is 0. The van der Waals surface area contributed by atoms with E-state index in [1.54, 1.807) is 18.2 Å². The lowest BCUT2D eigenvalue weighted by Crippen LogP contribution is -2.30. The van der Waals surface area contributed by atoms with Crippen molar-refractivity contribution in [2.45, 2.75) is 31.8 Å². The topological polar surface area (TPSA) is 56.5 Å². The zero-order chi connectivity index (χ0) is 13.2. The molecule has 3 rings (SSSR count). The fraction of sp³-hybridized carbons (Fsp3) is 0.333. The van der Waals surface area contributed by atoms with Crippen LogP contribution in [-0.4, -0.2) is 11.9 Å². The second kappa shape index (κ2) is 4.88. The predicted octanol–water partition coefficient (Wildman–Crippen LogP) is 2.68. The van der Waals surface area contributed by atoms with Gasteiger partial charge in [-0.1, -0.05) is 0 Å². The minimum atomic E-state index is -0.390. The maximum absolute atomic E-state index is 11.7. The molecule has 0 spiro atoms. The molecule has 1 aromatic carbocycles.